The van der Waals surface area contributed by atoms with Crippen molar-refractivity contribution in [3.63, 3.8) is 0 Å². The van der Waals surface area contributed by atoms with Crippen LogP contribution in [0, 0.1) is 12.8 Å². The summed E-state index contributed by atoms with van der Waals surface area (Å²) in [6, 6.07) is 8.47. The Kier molecular flexibility index (Phi) is 11.2. The maximum atomic E-state index is 13.8. The number of rotatable bonds is 9. The summed E-state index contributed by atoms with van der Waals surface area (Å²) in [6.07, 6.45) is -3.39. The van der Waals surface area contributed by atoms with Crippen LogP contribution in [0.4, 0.5) is 32.0 Å². The molecular weight excluding hydrogens is 608 g/mol. The van der Waals surface area contributed by atoms with Gasteiger partial charge in [-0.15, -0.1) is 0 Å². The lowest BCUT2D eigenvalue weighted by Crippen LogP contribution is -2.49. The molecule has 2 aliphatic heterocycles. The number of carbonyl (C=O) groups is 1. The zero-order valence-electron chi connectivity index (χ0n) is 26.3. The number of carbonyl (C=O) groups excluding carboxylic acids is 1. The molecule has 0 aromatic heterocycles. The SMILES string of the molecule is C=C/C(C)=C(\C=C/C)C(O)N1CCC[C@H](C(=O)Nc2ccc(C)c(C(F)(F)F)c2)[C@@H]1c1ccc(CN2CCC[C@@H]2C(F)(F)F)cc1. The molecule has 250 valence electrons. The number of halogens is 6. The van der Waals surface area contributed by atoms with E-state index in [4.69, 9.17) is 0 Å². The van der Waals surface area contributed by atoms with Gasteiger partial charge >= 0.3 is 12.4 Å². The van der Waals surface area contributed by atoms with Gasteiger partial charge in [-0.3, -0.25) is 14.6 Å². The summed E-state index contributed by atoms with van der Waals surface area (Å²) in [5.74, 6) is -1.25. The average molecular weight is 650 g/mol. The molecule has 11 heteroatoms. The summed E-state index contributed by atoms with van der Waals surface area (Å²) in [6.45, 7) is 9.68. The first kappa shape index (κ1) is 35.4. The van der Waals surface area contributed by atoms with Crippen LogP contribution in [0.3, 0.4) is 0 Å². The summed E-state index contributed by atoms with van der Waals surface area (Å²) < 4.78 is 81.4. The summed E-state index contributed by atoms with van der Waals surface area (Å²) in [7, 11) is 0. The van der Waals surface area contributed by atoms with E-state index < -0.39 is 48.1 Å². The number of allylic oxidation sites excluding steroid dienone is 3. The third-order valence-electron chi connectivity index (χ3n) is 8.97. The molecule has 0 radical (unpaired) electrons. The fourth-order valence-electron chi connectivity index (χ4n) is 6.57. The van der Waals surface area contributed by atoms with E-state index in [-0.39, 0.29) is 24.2 Å². The van der Waals surface area contributed by atoms with E-state index in [0.717, 1.165) is 11.6 Å². The van der Waals surface area contributed by atoms with Gasteiger partial charge in [0.25, 0.3) is 0 Å². The van der Waals surface area contributed by atoms with Crippen molar-refractivity contribution in [1.82, 2.24) is 9.80 Å². The Balaban J connectivity index is 1.69. The minimum Gasteiger partial charge on any atom is -0.374 e. The third-order valence-corrected chi connectivity index (χ3v) is 8.97. The number of hydrogen-bond acceptors (Lipinski definition) is 4. The molecule has 2 fully saturated rings. The fourth-order valence-corrected chi connectivity index (χ4v) is 6.57. The van der Waals surface area contributed by atoms with Crippen molar-refractivity contribution in [3.8, 4) is 0 Å². The van der Waals surface area contributed by atoms with E-state index in [0.29, 0.717) is 49.1 Å². The number of anilines is 1. The number of nitrogens with zero attached hydrogens (tertiary/aromatic N) is 2. The van der Waals surface area contributed by atoms with Crippen molar-refractivity contribution in [2.24, 2.45) is 5.92 Å². The van der Waals surface area contributed by atoms with Gasteiger partial charge in [0, 0.05) is 24.8 Å². The molecule has 2 aromatic rings. The fraction of sp³-hybridized carbons (Fsp3) is 0.457. The van der Waals surface area contributed by atoms with Crippen LogP contribution >= 0.6 is 0 Å². The van der Waals surface area contributed by atoms with E-state index in [1.165, 1.54) is 24.0 Å². The predicted molar refractivity (Wildman–Crippen MR) is 167 cm³/mol. The molecule has 0 spiro atoms. The van der Waals surface area contributed by atoms with Gasteiger partial charge < -0.3 is 10.4 Å². The molecule has 4 rings (SSSR count). The van der Waals surface area contributed by atoms with Gasteiger partial charge in [0.1, 0.15) is 12.3 Å². The maximum Gasteiger partial charge on any atom is 0.416 e. The number of aliphatic hydroxyl groups excluding tert-OH is 1. The maximum absolute atomic E-state index is 13.8. The normalized spacial score (nSPS) is 23.0. The Morgan fingerprint density at radius 2 is 1.74 bits per heavy atom. The standard InChI is InChI=1S/C35H41F6N3O2/c1-5-9-27(22(3)6-2)33(46)44-19-7-10-28(32(45)42-26-17-12-23(4)29(20-26)34(36,37)38)31(44)25-15-13-24(14-16-25)21-43-18-8-11-30(43)35(39,40)41/h5-6,9,12-17,20,28,30-31,33,46H,2,7-8,10-11,18-19,21H2,1,3-4H3,(H,42,45)/b9-5-,27-22+/t28-,30+,31-,33?/m0/s1. The van der Waals surface area contributed by atoms with E-state index >= 15 is 0 Å². The topological polar surface area (TPSA) is 55.8 Å². The largest absolute Gasteiger partial charge is 0.416 e. The first-order valence-corrected chi connectivity index (χ1v) is 15.4. The highest BCUT2D eigenvalue weighted by atomic mass is 19.4. The average Bonchev–Trinajstić information content (AvgIpc) is 3.48. The van der Waals surface area contributed by atoms with E-state index in [1.807, 2.05) is 13.8 Å². The highest BCUT2D eigenvalue weighted by molar-refractivity contribution is 5.93. The van der Waals surface area contributed by atoms with Gasteiger partial charge in [-0.2, -0.15) is 26.3 Å². The number of aliphatic hydroxyl groups is 1. The van der Waals surface area contributed by atoms with Crippen molar-refractivity contribution < 1.29 is 36.2 Å². The van der Waals surface area contributed by atoms with Crippen LogP contribution in [0.25, 0.3) is 0 Å². The summed E-state index contributed by atoms with van der Waals surface area (Å²) >= 11 is 0. The van der Waals surface area contributed by atoms with Gasteiger partial charge in [-0.25, -0.2) is 0 Å². The number of alkyl halides is 6. The predicted octanol–water partition coefficient (Wildman–Crippen LogP) is 8.33. The number of benzene rings is 2. The minimum atomic E-state index is -4.59. The zero-order valence-corrected chi connectivity index (χ0v) is 26.3. The lowest BCUT2D eigenvalue weighted by Gasteiger charge is -2.44. The van der Waals surface area contributed by atoms with Gasteiger partial charge in [-0.1, -0.05) is 55.1 Å². The van der Waals surface area contributed by atoms with Crippen molar-refractivity contribution in [3.05, 3.63) is 101 Å². The van der Waals surface area contributed by atoms with Crippen LogP contribution in [0.5, 0.6) is 0 Å². The molecule has 1 amide bonds. The van der Waals surface area contributed by atoms with Gasteiger partial charge in [0.2, 0.25) is 5.91 Å². The van der Waals surface area contributed by atoms with Crippen LogP contribution in [-0.2, 0) is 17.5 Å². The minimum absolute atomic E-state index is 0.0107. The summed E-state index contributed by atoms with van der Waals surface area (Å²) in [5, 5.41) is 14.4. The van der Waals surface area contributed by atoms with Crippen LogP contribution in [0.2, 0.25) is 0 Å². The molecule has 0 bridgehead atoms. The highest BCUT2D eigenvalue weighted by Gasteiger charge is 2.46. The van der Waals surface area contributed by atoms with Crippen molar-refractivity contribution >= 4 is 11.6 Å². The number of aryl methyl sites for hydroxylation is 1. The molecule has 2 saturated heterocycles. The number of amides is 1. The molecule has 1 unspecified atom stereocenters. The monoisotopic (exact) mass is 649 g/mol. The Bertz CT molecular complexity index is 1450. The Morgan fingerprint density at radius 3 is 2.35 bits per heavy atom. The molecule has 2 N–H and O–H groups in total. The number of nitrogens with one attached hydrogen (secondary N) is 1. The van der Waals surface area contributed by atoms with Crippen molar-refractivity contribution in [2.75, 3.05) is 18.4 Å². The van der Waals surface area contributed by atoms with Crippen molar-refractivity contribution in [1.29, 1.82) is 0 Å². The van der Waals surface area contributed by atoms with E-state index in [2.05, 4.69) is 11.9 Å². The second-order valence-electron chi connectivity index (χ2n) is 12.1. The summed E-state index contributed by atoms with van der Waals surface area (Å²) in [5.41, 5.74) is 1.86. The van der Waals surface area contributed by atoms with Gasteiger partial charge in [0.15, 0.2) is 0 Å². The molecule has 2 aliphatic rings. The smallest absolute Gasteiger partial charge is 0.374 e. The first-order valence-electron chi connectivity index (χ1n) is 15.4. The van der Waals surface area contributed by atoms with Gasteiger partial charge in [0.05, 0.1) is 11.5 Å². The molecule has 4 atom stereocenters. The molecule has 0 aliphatic carbocycles. The summed E-state index contributed by atoms with van der Waals surface area (Å²) in [4.78, 5) is 17.0. The Labute approximate surface area is 266 Å². The number of hydrogen-bond donors (Lipinski definition) is 2. The zero-order chi connectivity index (χ0) is 33.8. The lowest BCUT2D eigenvalue weighted by molar-refractivity contribution is -0.177. The Morgan fingerprint density at radius 1 is 1.07 bits per heavy atom. The lowest BCUT2D eigenvalue weighted by atomic mass is 9.82. The van der Waals surface area contributed by atoms with Crippen LogP contribution in [0.1, 0.15) is 67.8 Å². The van der Waals surface area contributed by atoms with E-state index in [1.54, 1.807) is 47.4 Å². The van der Waals surface area contributed by atoms with Crippen molar-refractivity contribution in [2.45, 2.75) is 83.7 Å². The molecule has 5 nitrogen and oxygen atoms in total. The van der Waals surface area contributed by atoms with Crippen LogP contribution in [-0.4, -0.2) is 52.3 Å². The number of piperidine rings is 1. The van der Waals surface area contributed by atoms with E-state index in [9.17, 15) is 36.2 Å². The number of likely N-dealkylation sites (tertiary alicyclic amines) is 2. The molecular formula is C35H41F6N3O2. The Hall–Kier alpha value is -3.41. The van der Waals surface area contributed by atoms with Gasteiger partial charge in [-0.05, 0) is 93.0 Å². The molecule has 0 saturated carbocycles. The quantitative estimate of drug-likeness (QED) is 0.212. The van der Waals surface area contributed by atoms with Crippen LogP contribution < -0.4 is 5.32 Å². The molecule has 2 heterocycles. The first-order chi connectivity index (χ1) is 21.6. The molecule has 46 heavy (non-hydrogen) atoms. The highest BCUT2D eigenvalue weighted by Crippen LogP contribution is 2.41. The molecule has 2 aromatic carbocycles. The van der Waals surface area contributed by atoms with Crippen LogP contribution in [0.15, 0.2) is 78.4 Å². The third kappa shape index (κ3) is 8.11. The second-order valence-corrected chi connectivity index (χ2v) is 12.1. The second kappa shape index (κ2) is 14.6.